The van der Waals surface area contributed by atoms with Crippen LogP contribution in [0.4, 0.5) is 0 Å². The number of nitrogens with zero attached hydrogens (tertiary/aromatic N) is 1. The van der Waals surface area contributed by atoms with Crippen LogP contribution >= 0.6 is 11.6 Å². The van der Waals surface area contributed by atoms with E-state index in [2.05, 4.69) is 6.07 Å². The van der Waals surface area contributed by atoms with Gasteiger partial charge in [-0.3, -0.25) is 0 Å². The molecule has 0 saturated carbocycles. The first-order valence-electron chi connectivity index (χ1n) is 4.96. The van der Waals surface area contributed by atoms with Crippen LogP contribution in [0.1, 0.15) is 11.1 Å². The smallest absolute Gasteiger partial charge is 0.137 e. The van der Waals surface area contributed by atoms with Crippen molar-refractivity contribution in [3.8, 4) is 11.8 Å². The molecule has 3 nitrogen and oxygen atoms in total. The summed E-state index contributed by atoms with van der Waals surface area (Å²) >= 11 is 6.07. The molecule has 1 heterocycles. The number of aryl methyl sites for hydroxylation is 1. The molecule has 0 atom stereocenters. The summed E-state index contributed by atoms with van der Waals surface area (Å²) in [5.74, 6) is 0.635. The lowest BCUT2D eigenvalue weighted by atomic mass is 9.78. The van der Waals surface area contributed by atoms with Crippen LogP contribution in [0.5, 0.6) is 5.75 Å². The maximum Gasteiger partial charge on any atom is 0.137 e. The fourth-order valence-electron chi connectivity index (χ4n) is 1.91. The molecule has 16 heavy (non-hydrogen) atoms. The molecule has 1 aromatic rings. The number of methoxy groups -OCH3 is 1. The molecule has 4 heteroatoms. The quantitative estimate of drug-likeness (QED) is 0.794. The normalized spacial score (nSPS) is 17.4. The molecule has 0 unspecified atom stereocenters. The molecule has 1 fully saturated rings. The van der Waals surface area contributed by atoms with Gasteiger partial charge >= 0.3 is 0 Å². The van der Waals surface area contributed by atoms with E-state index in [-0.39, 0.29) is 0 Å². The van der Waals surface area contributed by atoms with Gasteiger partial charge in [-0.25, -0.2) is 0 Å². The van der Waals surface area contributed by atoms with Crippen molar-refractivity contribution in [3.05, 3.63) is 28.3 Å². The Labute approximate surface area is 99.5 Å². The maximum absolute atomic E-state index is 9.23. The monoisotopic (exact) mass is 237 g/mol. The van der Waals surface area contributed by atoms with Gasteiger partial charge < -0.3 is 9.47 Å². The Morgan fingerprint density at radius 1 is 1.50 bits per heavy atom. The second-order valence-corrected chi connectivity index (χ2v) is 4.40. The van der Waals surface area contributed by atoms with Crippen LogP contribution in [-0.4, -0.2) is 20.3 Å². The molecule has 0 aliphatic carbocycles. The highest BCUT2D eigenvalue weighted by atomic mass is 35.5. The van der Waals surface area contributed by atoms with Crippen LogP contribution in [0, 0.1) is 18.3 Å². The zero-order valence-electron chi connectivity index (χ0n) is 9.21. The van der Waals surface area contributed by atoms with Crippen molar-refractivity contribution in [2.45, 2.75) is 12.3 Å². The Balaban J connectivity index is 2.50. The summed E-state index contributed by atoms with van der Waals surface area (Å²) in [6.07, 6.45) is 0. The van der Waals surface area contributed by atoms with E-state index >= 15 is 0 Å². The van der Waals surface area contributed by atoms with Gasteiger partial charge in [0.1, 0.15) is 11.2 Å². The first-order chi connectivity index (χ1) is 7.63. The standard InChI is InChI=1S/C12H12ClNO2/c1-8-3-11(15-2)10(13)4-9(8)12(5-14)6-16-7-12/h3-4H,6-7H2,1-2H3. The van der Waals surface area contributed by atoms with Crippen molar-refractivity contribution in [3.63, 3.8) is 0 Å². The molecule has 0 spiro atoms. The summed E-state index contributed by atoms with van der Waals surface area (Å²) in [6.45, 7) is 2.82. The average Bonchev–Trinajstić information content (AvgIpc) is 2.22. The molecular formula is C12H12ClNO2. The zero-order chi connectivity index (χ0) is 11.8. The van der Waals surface area contributed by atoms with Crippen LogP contribution in [0.2, 0.25) is 5.02 Å². The summed E-state index contributed by atoms with van der Waals surface area (Å²) in [5, 5.41) is 9.76. The zero-order valence-corrected chi connectivity index (χ0v) is 9.97. The van der Waals surface area contributed by atoms with Gasteiger partial charge in [-0.15, -0.1) is 0 Å². The van der Waals surface area contributed by atoms with Crippen molar-refractivity contribution >= 4 is 11.6 Å². The minimum atomic E-state index is -0.528. The first-order valence-corrected chi connectivity index (χ1v) is 5.34. The molecule has 0 bridgehead atoms. The van der Waals surface area contributed by atoms with E-state index < -0.39 is 5.41 Å². The highest BCUT2D eigenvalue weighted by Gasteiger charge is 2.42. The maximum atomic E-state index is 9.23. The second-order valence-electron chi connectivity index (χ2n) is 3.99. The van der Waals surface area contributed by atoms with Gasteiger partial charge in [0.15, 0.2) is 0 Å². The summed E-state index contributed by atoms with van der Waals surface area (Å²) < 4.78 is 10.3. The summed E-state index contributed by atoms with van der Waals surface area (Å²) in [5.41, 5.74) is 1.41. The van der Waals surface area contributed by atoms with E-state index in [1.54, 1.807) is 7.11 Å². The van der Waals surface area contributed by atoms with Gasteiger partial charge in [0.2, 0.25) is 0 Å². The molecule has 84 valence electrons. The average molecular weight is 238 g/mol. The summed E-state index contributed by atoms with van der Waals surface area (Å²) in [7, 11) is 1.58. The third-order valence-corrected chi connectivity index (χ3v) is 3.22. The predicted molar refractivity (Wildman–Crippen MR) is 60.9 cm³/mol. The Kier molecular flexibility index (Phi) is 2.79. The minimum absolute atomic E-state index is 0.437. The van der Waals surface area contributed by atoms with E-state index in [4.69, 9.17) is 21.1 Å². The van der Waals surface area contributed by atoms with Crippen LogP contribution in [0.15, 0.2) is 12.1 Å². The third kappa shape index (κ3) is 1.55. The van der Waals surface area contributed by atoms with E-state index in [1.807, 2.05) is 19.1 Å². The molecule has 1 aromatic carbocycles. The van der Waals surface area contributed by atoms with Gasteiger partial charge in [-0.05, 0) is 30.2 Å². The van der Waals surface area contributed by atoms with Gasteiger partial charge in [0, 0.05) is 0 Å². The van der Waals surface area contributed by atoms with Crippen molar-refractivity contribution in [2.75, 3.05) is 20.3 Å². The number of nitriles is 1. The summed E-state index contributed by atoms with van der Waals surface area (Å²) in [4.78, 5) is 0. The molecule has 2 rings (SSSR count). The highest BCUT2D eigenvalue weighted by molar-refractivity contribution is 6.32. The molecule has 1 aliphatic rings. The van der Waals surface area contributed by atoms with Crippen LogP contribution < -0.4 is 4.74 Å². The fourth-order valence-corrected chi connectivity index (χ4v) is 2.15. The lowest BCUT2D eigenvalue weighted by Gasteiger charge is -2.36. The Morgan fingerprint density at radius 3 is 2.62 bits per heavy atom. The highest BCUT2D eigenvalue weighted by Crippen LogP contribution is 2.38. The predicted octanol–water partition coefficient (Wildman–Crippen LogP) is 2.45. The number of benzene rings is 1. The van der Waals surface area contributed by atoms with Crippen LogP contribution in [-0.2, 0) is 10.2 Å². The lowest BCUT2D eigenvalue weighted by Crippen LogP contribution is -2.45. The minimum Gasteiger partial charge on any atom is -0.495 e. The SMILES string of the molecule is COc1cc(C)c(C2(C#N)COC2)cc1Cl. The van der Waals surface area contributed by atoms with E-state index in [9.17, 15) is 5.26 Å². The van der Waals surface area contributed by atoms with E-state index in [0.29, 0.717) is 24.0 Å². The van der Waals surface area contributed by atoms with Crippen LogP contribution in [0.3, 0.4) is 0 Å². The molecule has 0 radical (unpaired) electrons. The second kappa shape index (κ2) is 3.97. The van der Waals surface area contributed by atoms with Crippen molar-refractivity contribution in [1.29, 1.82) is 5.26 Å². The number of hydrogen-bond acceptors (Lipinski definition) is 3. The summed E-state index contributed by atoms with van der Waals surface area (Å²) in [6, 6.07) is 5.98. The Morgan fingerprint density at radius 2 is 2.19 bits per heavy atom. The van der Waals surface area contributed by atoms with E-state index in [0.717, 1.165) is 11.1 Å². The Hall–Kier alpha value is -1.24. The first kappa shape index (κ1) is 11.3. The third-order valence-electron chi connectivity index (χ3n) is 2.93. The lowest BCUT2D eigenvalue weighted by molar-refractivity contribution is -0.0301. The number of hydrogen-bond donors (Lipinski definition) is 0. The fraction of sp³-hybridized carbons (Fsp3) is 0.417. The largest absolute Gasteiger partial charge is 0.495 e. The Bertz CT molecular complexity index is 461. The van der Waals surface area contributed by atoms with Crippen molar-refractivity contribution < 1.29 is 9.47 Å². The molecule has 1 saturated heterocycles. The molecule has 0 aromatic heterocycles. The van der Waals surface area contributed by atoms with Gasteiger partial charge in [-0.1, -0.05) is 11.6 Å². The topological polar surface area (TPSA) is 42.2 Å². The molecule has 0 N–H and O–H groups in total. The van der Waals surface area contributed by atoms with Gasteiger partial charge in [0.05, 0.1) is 31.4 Å². The van der Waals surface area contributed by atoms with Gasteiger partial charge in [0.25, 0.3) is 0 Å². The number of rotatable bonds is 2. The van der Waals surface area contributed by atoms with Crippen LogP contribution in [0.25, 0.3) is 0 Å². The number of ether oxygens (including phenoxy) is 2. The molecular weight excluding hydrogens is 226 g/mol. The van der Waals surface area contributed by atoms with E-state index in [1.165, 1.54) is 0 Å². The number of halogens is 1. The van der Waals surface area contributed by atoms with Gasteiger partial charge in [-0.2, -0.15) is 5.26 Å². The molecule has 1 aliphatic heterocycles. The molecule has 0 amide bonds. The van der Waals surface area contributed by atoms with Crippen molar-refractivity contribution in [1.82, 2.24) is 0 Å². The van der Waals surface area contributed by atoms with Crippen molar-refractivity contribution in [2.24, 2.45) is 0 Å².